The van der Waals surface area contributed by atoms with Crippen molar-refractivity contribution in [2.24, 2.45) is 5.10 Å². The van der Waals surface area contributed by atoms with Crippen molar-refractivity contribution in [3.8, 4) is 0 Å². The van der Waals surface area contributed by atoms with Gasteiger partial charge in [0.1, 0.15) is 0 Å². The van der Waals surface area contributed by atoms with E-state index in [-0.39, 0.29) is 0 Å². The van der Waals surface area contributed by atoms with E-state index in [9.17, 15) is 0 Å². The highest BCUT2D eigenvalue weighted by Crippen LogP contribution is 2.22. The zero-order valence-corrected chi connectivity index (χ0v) is 11.8. The molecule has 0 spiro atoms. The molecule has 4 nitrogen and oxygen atoms in total. The number of aromatic amines is 1. The number of para-hydroxylation sites is 1. The molecule has 2 aromatic heterocycles. The molecule has 0 aliphatic rings. The van der Waals surface area contributed by atoms with Gasteiger partial charge in [0.15, 0.2) is 5.82 Å². The van der Waals surface area contributed by atoms with Crippen molar-refractivity contribution in [3.05, 3.63) is 58.3 Å². The molecule has 1 aromatic carbocycles. The fraction of sp³-hybridized carbons (Fsp3) is 0. The molecule has 0 fully saturated rings. The minimum absolute atomic E-state index is 0.425. The second-order valence-electron chi connectivity index (χ2n) is 4.14. The predicted octanol–water partition coefficient (Wildman–Crippen LogP) is 4.32. The summed E-state index contributed by atoms with van der Waals surface area (Å²) >= 11 is 11.8. The fourth-order valence-electron chi connectivity index (χ4n) is 1.86. The van der Waals surface area contributed by atoms with E-state index in [2.05, 4.69) is 20.5 Å². The molecule has 0 amide bonds. The lowest BCUT2D eigenvalue weighted by atomic mass is 10.2. The standard InChI is InChI=1S/C14H10Cl2N4/c15-10-5-12(16)14(18-8-10)20-19-7-9-6-17-13-4-2-1-3-11(9)13/h1-8,17H,(H,18,20). The monoisotopic (exact) mass is 304 g/mol. The third-order valence-electron chi connectivity index (χ3n) is 2.80. The second-order valence-corrected chi connectivity index (χ2v) is 4.99. The molecule has 0 saturated heterocycles. The number of pyridine rings is 1. The predicted molar refractivity (Wildman–Crippen MR) is 83.8 cm³/mol. The van der Waals surface area contributed by atoms with Crippen LogP contribution < -0.4 is 5.43 Å². The molecule has 0 saturated carbocycles. The molecule has 2 heterocycles. The van der Waals surface area contributed by atoms with Crippen LogP contribution in [0, 0.1) is 0 Å². The molecular weight excluding hydrogens is 295 g/mol. The maximum Gasteiger partial charge on any atom is 0.165 e. The first-order valence-electron chi connectivity index (χ1n) is 5.90. The van der Waals surface area contributed by atoms with Gasteiger partial charge in [-0.2, -0.15) is 5.10 Å². The smallest absolute Gasteiger partial charge is 0.165 e. The summed E-state index contributed by atoms with van der Waals surface area (Å²) in [5.41, 5.74) is 4.85. The largest absolute Gasteiger partial charge is 0.361 e. The second kappa shape index (κ2) is 5.53. The Morgan fingerprint density at radius 2 is 2.10 bits per heavy atom. The van der Waals surface area contributed by atoms with Crippen LogP contribution in [-0.4, -0.2) is 16.2 Å². The number of hydrogen-bond donors (Lipinski definition) is 2. The molecule has 0 bridgehead atoms. The molecule has 20 heavy (non-hydrogen) atoms. The van der Waals surface area contributed by atoms with Crippen molar-refractivity contribution in [1.82, 2.24) is 9.97 Å². The first-order valence-corrected chi connectivity index (χ1v) is 6.66. The lowest BCUT2D eigenvalue weighted by molar-refractivity contribution is 1.23. The van der Waals surface area contributed by atoms with E-state index < -0.39 is 0 Å². The summed E-state index contributed by atoms with van der Waals surface area (Å²) in [6.45, 7) is 0. The topological polar surface area (TPSA) is 53.1 Å². The molecule has 0 aliphatic carbocycles. The van der Waals surface area contributed by atoms with Gasteiger partial charge in [-0.25, -0.2) is 4.98 Å². The van der Waals surface area contributed by atoms with E-state index in [0.717, 1.165) is 16.5 Å². The number of benzene rings is 1. The Bertz CT molecular complexity index is 780. The van der Waals surface area contributed by atoms with Gasteiger partial charge < -0.3 is 4.98 Å². The van der Waals surface area contributed by atoms with Gasteiger partial charge in [0.2, 0.25) is 0 Å². The third-order valence-corrected chi connectivity index (χ3v) is 3.30. The van der Waals surface area contributed by atoms with Gasteiger partial charge in [-0.1, -0.05) is 41.4 Å². The molecule has 6 heteroatoms. The quantitative estimate of drug-likeness (QED) is 0.559. The van der Waals surface area contributed by atoms with E-state index in [1.807, 2.05) is 30.5 Å². The zero-order chi connectivity index (χ0) is 13.9. The molecule has 100 valence electrons. The summed E-state index contributed by atoms with van der Waals surface area (Å²) in [5.74, 6) is 0.465. The molecule has 0 atom stereocenters. The molecule has 0 unspecified atom stereocenters. The van der Waals surface area contributed by atoms with Crippen molar-refractivity contribution in [2.75, 3.05) is 5.43 Å². The van der Waals surface area contributed by atoms with Crippen LogP contribution in [0.1, 0.15) is 5.56 Å². The molecule has 2 N–H and O–H groups in total. The first-order chi connectivity index (χ1) is 9.74. The van der Waals surface area contributed by atoms with E-state index in [0.29, 0.717) is 15.9 Å². The first kappa shape index (κ1) is 13.0. The molecule has 3 rings (SSSR count). The summed E-state index contributed by atoms with van der Waals surface area (Å²) in [6, 6.07) is 9.62. The van der Waals surface area contributed by atoms with Crippen LogP contribution in [0.3, 0.4) is 0 Å². The Balaban J connectivity index is 1.81. The van der Waals surface area contributed by atoms with Crippen molar-refractivity contribution < 1.29 is 0 Å². The third kappa shape index (κ3) is 2.61. The Morgan fingerprint density at radius 3 is 2.95 bits per heavy atom. The van der Waals surface area contributed by atoms with Crippen LogP contribution in [0.15, 0.2) is 47.8 Å². The van der Waals surface area contributed by atoms with Crippen LogP contribution in [-0.2, 0) is 0 Å². The average Bonchev–Trinajstić information content (AvgIpc) is 2.85. The number of hydrogen-bond acceptors (Lipinski definition) is 3. The van der Waals surface area contributed by atoms with Crippen LogP contribution in [0.4, 0.5) is 5.82 Å². The number of hydrazone groups is 1. The number of H-pyrrole nitrogens is 1. The lowest BCUT2D eigenvalue weighted by Crippen LogP contribution is -1.94. The maximum atomic E-state index is 6.00. The number of fused-ring (bicyclic) bond motifs is 1. The summed E-state index contributed by atoms with van der Waals surface area (Å²) in [4.78, 5) is 7.24. The summed E-state index contributed by atoms with van der Waals surface area (Å²) in [5, 5.41) is 6.16. The maximum absolute atomic E-state index is 6.00. The van der Waals surface area contributed by atoms with Crippen molar-refractivity contribution in [2.45, 2.75) is 0 Å². The zero-order valence-electron chi connectivity index (χ0n) is 10.3. The SMILES string of the molecule is Clc1cnc(NN=Cc2c[nH]c3ccccc23)c(Cl)c1. The molecule has 3 aromatic rings. The van der Waals surface area contributed by atoms with Crippen molar-refractivity contribution >= 4 is 46.1 Å². The van der Waals surface area contributed by atoms with Gasteiger partial charge in [-0.3, -0.25) is 5.43 Å². The Kier molecular flexibility index (Phi) is 3.58. The molecule has 0 aliphatic heterocycles. The minimum atomic E-state index is 0.425. The van der Waals surface area contributed by atoms with E-state index in [1.165, 1.54) is 6.20 Å². The summed E-state index contributed by atoms with van der Waals surface area (Å²) < 4.78 is 0. The number of rotatable bonds is 3. The Morgan fingerprint density at radius 1 is 1.25 bits per heavy atom. The van der Waals surface area contributed by atoms with Crippen LogP contribution >= 0.6 is 23.2 Å². The van der Waals surface area contributed by atoms with Crippen LogP contribution in [0.2, 0.25) is 10.0 Å². The van der Waals surface area contributed by atoms with Gasteiger partial charge in [0.05, 0.1) is 16.3 Å². The van der Waals surface area contributed by atoms with Gasteiger partial charge >= 0.3 is 0 Å². The van der Waals surface area contributed by atoms with Crippen LogP contribution in [0.25, 0.3) is 10.9 Å². The summed E-state index contributed by atoms with van der Waals surface area (Å²) in [6.07, 6.45) is 5.12. The average molecular weight is 305 g/mol. The molecular formula is C14H10Cl2N4. The van der Waals surface area contributed by atoms with Crippen LogP contribution in [0.5, 0.6) is 0 Å². The normalized spacial score (nSPS) is 11.3. The van der Waals surface area contributed by atoms with E-state index in [1.54, 1.807) is 12.3 Å². The highest BCUT2D eigenvalue weighted by atomic mass is 35.5. The highest BCUT2D eigenvalue weighted by Gasteiger charge is 2.02. The van der Waals surface area contributed by atoms with E-state index >= 15 is 0 Å². The Labute approximate surface area is 125 Å². The number of aromatic nitrogens is 2. The highest BCUT2D eigenvalue weighted by molar-refractivity contribution is 6.35. The van der Waals surface area contributed by atoms with Crippen molar-refractivity contribution in [3.63, 3.8) is 0 Å². The minimum Gasteiger partial charge on any atom is -0.361 e. The summed E-state index contributed by atoms with van der Waals surface area (Å²) in [7, 11) is 0. The van der Waals surface area contributed by atoms with Gasteiger partial charge in [-0.15, -0.1) is 0 Å². The number of anilines is 1. The van der Waals surface area contributed by atoms with Gasteiger partial charge in [-0.05, 0) is 12.1 Å². The number of nitrogens with one attached hydrogen (secondary N) is 2. The van der Waals surface area contributed by atoms with Gasteiger partial charge in [0.25, 0.3) is 0 Å². The number of halogens is 2. The lowest BCUT2D eigenvalue weighted by Gasteiger charge is -2.01. The molecule has 0 radical (unpaired) electrons. The Hall–Kier alpha value is -2.04. The number of nitrogens with zero attached hydrogens (tertiary/aromatic N) is 2. The van der Waals surface area contributed by atoms with Crippen molar-refractivity contribution in [1.29, 1.82) is 0 Å². The van der Waals surface area contributed by atoms with E-state index in [4.69, 9.17) is 23.2 Å². The fourth-order valence-corrected chi connectivity index (χ4v) is 2.28. The van der Waals surface area contributed by atoms with Gasteiger partial charge in [0, 0.05) is 28.9 Å².